The highest BCUT2D eigenvalue weighted by molar-refractivity contribution is 6.32. The van der Waals surface area contributed by atoms with Crippen molar-refractivity contribution in [3.8, 4) is 75.3 Å². The van der Waals surface area contributed by atoms with E-state index in [0.717, 1.165) is 44.2 Å². The summed E-state index contributed by atoms with van der Waals surface area (Å²) in [4.78, 5) is 0. The number of benzene rings is 9. The number of nitrogens with zero attached hydrogens (tertiary/aromatic N) is 3. The Morgan fingerprint density at radius 3 is 1.15 bits per heavy atom. The van der Waals surface area contributed by atoms with Crippen molar-refractivity contribution >= 4 is 34.0 Å². The van der Waals surface area contributed by atoms with Crippen molar-refractivity contribution < 1.29 is 18.9 Å². The molecule has 9 aromatic rings. The molecule has 0 aliphatic heterocycles. The van der Waals surface area contributed by atoms with E-state index >= 15 is 0 Å². The van der Waals surface area contributed by atoms with Gasteiger partial charge in [0.15, 0.2) is 0 Å². The quantitative estimate of drug-likeness (QED) is 0.135. The van der Waals surface area contributed by atoms with E-state index in [1.165, 1.54) is 0 Å². The average Bonchev–Trinajstić information content (AvgIpc) is 3.63. The van der Waals surface area contributed by atoms with E-state index in [9.17, 15) is 15.8 Å². The fourth-order valence-electron chi connectivity index (χ4n) is 8.59. The molecule has 1 aliphatic rings. The first-order valence-corrected chi connectivity index (χ1v) is 21.2. The van der Waals surface area contributed by atoms with Crippen LogP contribution in [0.15, 0.2) is 188 Å². The van der Waals surface area contributed by atoms with Crippen LogP contribution in [0.3, 0.4) is 0 Å². The number of hydrogen-bond acceptors (Lipinski definition) is 7. The van der Waals surface area contributed by atoms with E-state index < -0.39 is 5.41 Å². The smallest absolute Gasteiger partial charge is 0.149 e. The zero-order valence-corrected chi connectivity index (χ0v) is 35.6. The minimum atomic E-state index is -0.703. The largest absolute Gasteiger partial charge is 0.456 e. The van der Waals surface area contributed by atoms with Crippen molar-refractivity contribution in [2.75, 3.05) is 0 Å². The molecule has 0 saturated carbocycles. The van der Waals surface area contributed by atoms with Gasteiger partial charge in [-0.05, 0) is 129 Å². The first-order valence-electron chi connectivity index (χ1n) is 20.4. The van der Waals surface area contributed by atoms with E-state index in [1.807, 2.05) is 60.7 Å². The van der Waals surface area contributed by atoms with E-state index in [4.69, 9.17) is 42.1 Å². The molecule has 10 rings (SSSR count). The van der Waals surface area contributed by atoms with Crippen LogP contribution in [0.25, 0.3) is 21.9 Å². The maximum absolute atomic E-state index is 10.5. The van der Waals surface area contributed by atoms with Crippen LogP contribution in [0.2, 0.25) is 10.0 Å². The summed E-state index contributed by atoms with van der Waals surface area (Å²) in [5.74, 6) is 3.53. The SMILES string of the molecule is N#Cc1c(Cl)cccc1Oc1ccc(C2(c3ccc(Oc4cccc(Oc5ccc6ccc(Oc7cccc(Cl)c7C#N)cc6c5)c4C#N)cc3)c3ccccc3-c3ccccc32)cc1. The second-order valence-corrected chi connectivity index (χ2v) is 16.0. The highest BCUT2D eigenvalue weighted by Gasteiger charge is 2.46. The molecule has 9 heteroatoms. The molecule has 65 heavy (non-hydrogen) atoms. The Labute approximate surface area is 384 Å². The fourth-order valence-corrected chi connectivity index (χ4v) is 9.01. The average molecular weight is 881 g/mol. The predicted octanol–water partition coefficient (Wildman–Crippen LogP) is 15.3. The highest BCUT2D eigenvalue weighted by atomic mass is 35.5. The third kappa shape index (κ3) is 7.30. The van der Waals surface area contributed by atoms with Crippen molar-refractivity contribution in [3.63, 3.8) is 0 Å². The third-order valence-electron chi connectivity index (χ3n) is 11.5. The Morgan fingerprint density at radius 2 is 0.723 bits per heavy atom. The lowest BCUT2D eigenvalue weighted by atomic mass is 9.68. The van der Waals surface area contributed by atoms with Crippen molar-refractivity contribution in [1.82, 2.24) is 0 Å². The predicted molar refractivity (Wildman–Crippen MR) is 251 cm³/mol. The molecular weight excluding hydrogens is 850 g/mol. The van der Waals surface area contributed by atoms with Gasteiger partial charge in [0.1, 0.15) is 80.9 Å². The molecule has 308 valence electrons. The molecule has 0 heterocycles. The number of rotatable bonds is 10. The lowest BCUT2D eigenvalue weighted by molar-refractivity contribution is 0.457. The zero-order chi connectivity index (χ0) is 44.5. The first-order chi connectivity index (χ1) is 31.9. The van der Waals surface area contributed by atoms with Crippen molar-refractivity contribution in [3.05, 3.63) is 237 Å². The minimum absolute atomic E-state index is 0.232. The Balaban J connectivity index is 0.953. The maximum atomic E-state index is 10.5. The Morgan fingerprint density at radius 1 is 0.354 bits per heavy atom. The van der Waals surface area contributed by atoms with Crippen LogP contribution in [-0.2, 0) is 5.41 Å². The molecule has 0 aromatic heterocycles. The second kappa shape index (κ2) is 17.0. The molecule has 0 N–H and O–H groups in total. The van der Waals surface area contributed by atoms with Gasteiger partial charge in [-0.3, -0.25) is 0 Å². The van der Waals surface area contributed by atoms with Crippen LogP contribution in [-0.4, -0.2) is 0 Å². The van der Waals surface area contributed by atoms with Gasteiger partial charge in [-0.25, -0.2) is 0 Å². The first kappa shape index (κ1) is 40.6. The van der Waals surface area contributed by atoms with Gasteiger partial charge in [0.05, 0.1) is 15.5 Å². The van der Waals surface area contributed by atoms with Gasteiger partial charge in [-0.1, -0.05) is 126 Å². The van der Waals surface area contributed by atoms with Crippen LogP contribution in [0.4, 0.5) is 0 Å². The molecule has 9 aromatic carbocycles. The van der Waals surface area contributed by atoms with Crippen LogP contribution in [0.1, 0.15) is 38.9 Å². The minimum Gasteiger partial charge on any atom is -0.456 e. The van der Waals surface area contributed by atoms with E-state index in [2.05, 4.69) is 91.0 Å². The molecular formula is C56H31Cl2N3O4. The van der Waals surface area contributed by atoms with Gasteiger partial charge in [-0.15, -0.1) is 0 Å². The number of halogens is 2. The second-order valence-electron chi connectivity index (χ2n) is 15.2. The summed E-state index contributed by atoms with van der Waals surface area (Å²) in [6.07, 6.45) is 0. The van der Waals surface area contributed by atoms with Crippen molar-refractivity contribution in [2.45, 2.75) is 5.41 Å². The molecule has 7 nitrogen and oxygen atoms in total. The highest BCUT2D eigenvalue weighted by Crippen LogP contribution is 2.56. The van der Waals surface area contributed by atoms with Crippen LogP contribution < -0.4 is 18.9 Å². The maximum Gasteiger partial charge on any atom is 0.149 e. The van der Waals surface area contributed by atoms with Crippen LogP contribution >= 0.6 is 23.2 Å². The van der Waals surface area contributed by atoms with Gasteiger partial charge in [-0.2, -0.15) is 15.8 Å². The summed E-state index contributed by atoms with van der Waals surface area (Å²) >= 11 is 12.5. The molecule has 0 radical (unpaired) electrons. The number of fused-ring (bicyclic) bond motifs is 4. The van der Waals surface area contributed by atoms with Gasteiger partial charge >= 0.3 is 0 Å². The van der Waals surface area contributed by atoms with Crippen molar-refractivity contribution in [2.24, 2.45) is 0 Å². The number of hydrogen-bond donors (Lipinski definition) is 0. The lowest BCUT2D eigenvalue weighted by Crippen LogP contribution is -2.28. The summed E-state index contributed by atoms with van der Waals surface area (Å²) < 4.78 is 25.0. The molecule has 0 fully saturated rings. The number of ether oxygens (including phenoxy) is 4. The summed E-state index contributed by atoms with van der Waals surface area (Å²) in [6, 6.07) is 66.0. The van der Waals surface area contributed by atoms with E-state index in [0.29, 0.717) is 56.0 Å². The molecule has 0 spiro atoms. The van der Waals surface area contributed by atoms with E-state index in [-0.39, 0.29) is 16.7 Å². The Kier molecular flexibility index (Phi) is 10.6. The summed E-state index contributed by atoms with van der Waals surface area (Å²) in [5, 5.41) is 32.2. The summed E-state index contributed by atoms with van der Waals surface area (Å²) in [7, 11) is 0. The van der Waals surface area contributed by atoms with E-state index in [1.54, 1.807) is 54.6 Å². The van der Waals surface area contributed by atoms with Crippen molar-refractivity contribution in [1.29, 1.82) is 15.8 Å². The zero-order valence-electron chi connectivity index (χ0n) is 34.1. The third-order valence-corrected chi connectivity index (χ3v) is 12.1. The standard InChI is InChI=1S/C56H31Cl2N3O4/c57-50-12-5-14-52(45(50)32-59)62-39-26-20-37(21-27-39)56(48-10-3-1-8-43(48)44-9-2-4-11-49(44)56)38-22-28-40(29-23-38)63-54-16-7-17-55(47(54)34-61)65-42-25-19-35-18-24-41(30-36(35)31-42)64-53-15-6-13-51(58)46(53)33-60/h1-31H. The topological polar surface area (TPSA) is 108 Å². The normalized spacial score (nSPS) is 11.9. The number of nitriles is 3. The Hall–Kier alpha value is -8.51. The van der Waals surface area contributed by atoms with Crippen LogP contribution in [0.5, 0.6) is 46.0 Å². The monoisotopic (exact) mass is 879 g/mol. The summed E-state index contributed by atoms with van der Waals surface area (Å²) in [6.45, 7) is 0. The molecule has 1 aliphatic carbocycles. The Bertz CT molecular complexity index is 3410. The molecule has 0 amide bonds. The lowest BCUT2D eigenvalue weighted by Gasteiger charge is -2.34. The molecule has 0 unspecified atom stereocenters. The molecule has 0 atom stereocenters. The van der Waals surface area contributed by atoms with Gasteiger partial charge in [0, 0.05) is 0 Å². The van der Waals surface area contributed by atoms with Gasteiger partial charge in [0.2, 0.25) is 0 Å². The summed E-state index contributed by atoms with van der Waals surface area (Å²) in [5.41, 5.74) is 6.64. The molecule has 0 saturated heterocycles. The van der Waals surface area contributed by atoms with Crippen LogP contribution in [0, 0.1) is 34.0 Å². The molecule has 0 bridgehead atoms. The fraction of sp³-hybridized carbons (Fsp3) is 0.0179. The van der Waals surface area contributed by atoms with Gasteiger partial charge in [0.25, 0.3) is 0 Å². The van der Waals surface area contributed by atoms with Gasteiger partial charge < -0.3 is 18.9 Å².